The van der Waals surface area contributed by atoms with E-state index >= 15 is 0 Å². The van der Waals surface area contributed by atoms with Gasteiger partial charge in [0.25, 0.3) is 0 Å². The molecular weight excluding hydrogens is 202 g/mol. The van der Waals surface area contributed by atoms with Crippen molar-refractivity contribution in [3.8, 4) is 0 Å². The van der Waals surface area contributed by atoms with Gasteiger partial charge in [0, 0.05) is 10.9 Å². The van der Waals surface area contributed by atoms with Crippen molar-refractivity contribution in [2.75, 3.05) is 6.54 Å². The monoisotopic (exact) mass is 225 g/mol. The molecule has 0 amide bonds. The van der Waals surface area contributed by atoms with Crippen LogP contribution in [0, 0.1) is 12.8 Å². The smallest absolute Gasteiger partial charge is 0.00931 e. The third-order valence-corrected chi connectivity index (χ3v) is 3.85. The van der Waals surface area contributed by atoms with Gasteiger partial charge in [-0.05, 0) is 49.2 Å². The average Bonchev–Trinajstić information content (AvgIpc) is 2.58. The fourth-order valence-corrected chi connectivity index (χ4v) is 2.67. The van der Waals surface area contributed by atoms with Crippen molar-refractivity contribution in [1.82, 2.24) is 5.32 Å². The summed E-state index contributed by atoms with van der Waals surface area (Å²) in [6.07, 6.45) is 2.47. The number of aryl methyl sites for hydroxylation is 2. The van der Waals surface area contributed by atoms with E-state index in [-0.39, 0.29) is 0 Å². The third kappa shape index (κ3) is 3.96. The van der Waals surface area contributed by atoms with Crippen LogP contribution in [0.15, 0.2) is 11.4 Å². The molecule has 2 heteroatoms. The van der Waals surface area contributed by atoms with Gasteiger partial charge >= 0.3 is 0 Å². The van der Waals surface area contributed by atoms with E-state index in [1.54, 1.807) is 0 Å². The van der Waals surface area contributed by atoms with Crippen molar-refractivity contribution < 1.29 is 0 Å². The minimum Gasteiger partial charge on any atom is -0.314 e. The highest BCUT2D eigenvalue weighted by atomic mass is 32.1. The van der Waals surface area contributed by atoms with Crippen LogP contribution in [0.5, 0.6) is 0 Å². The molecule has 0 fully saturated rings. The molecule has 1 atom stereocenters. The molecule has 1 aromatic rings. The first-order valence-electron chi connectivity index (χ1n) is 5.91. The van der Waals surface area contributed by atoms with Crippen LogP contribution in [0.3, 0.4) is 0 Å². The summed E-state index contributed by atoms with van der Waals surface area (Å²) in [5.41, 5.74) is 1.53. The molecule has 0 saturated heterocycles. The fraction of sp³-hybridized carbons (Fsp3) is 0.692. The van der Waals surface area contributed by atoms with Crippen LogP contribution in [-0.2, 0) is 6.42 Å². The molecule has 1 N–H and O–H groups in total. The molecule has 1 unspecified atom stereocenters. The predicted octanol–water partition coefficient (Wildman–Crippen LogP) is 3.62. The Bertz CT molecular complexity index is 278. The van der Waals surface area contributed by atoms with Gasteiger partial charge in [0.1, 0.15) is 0 Å². The Balaban J connectivity index is 2.43. The molecule has 15 heavy (non-hydrogen) atoms. The van der Waals surface area contributed by atoms with E-state index in [1.807, 2.05) is 11.3 Å². The predicted molar refractivity (Wildman–Crippen MR) is 69.7 cm³/mol. The minimum absolute atomic E-state index is 0.661. The molecule has 0 spiro atoms. The molecule has 0 bridgehead atoms. The van der Waals surface area contributed by atoms with Gasteiger partial charge in [-0.25, -0.2) is 0 Å². The number of nitrogens with one attached hydrogen (secondary N) is 1. The van der Waals surface area contributed by atoms with Gasteiger partial charge in [-0.3, -0.25) is 0 Å². The Labute approximate surface area is 97.9 Å². The summed E-state index contributed by atoms with van der Waals surface area (Å²) < 4.78 is 0. The second-order valence-corrected chi connectivity index (χ2v) is 5.57. The van der Waals surface area contributed by atoms with Gasteiger partial charge in [-0.2, -0.15) is 0 Å². The van der Waals surface area contributed by atoms with Crippen LogP contribution >= 0.6 is 11.3 Å². The molecule has 1 heterocycles. The van der Waals surface area contributed by atoms with Gasteiger partial charge in [-0.15, -0.1) is 11.3 Å². The van der Waals surface area contributed by atoms with E-state index in [0.717, 1.165) is 12.5 Å². The van der Waals surface area contributed by atoms with E-state index in [1.165, 1.54) is 23.3 Å². The summed E-state index contributed by atoms with van der Waals surface area (Å²) >= 11 is 1.86. The normalized spacial score (nSPS) is 13.4. The van der Waals surface area contributed by atoms with Crippen molar-refractivity contribution in [3.05, 3.63) is 21.9 Å². The van der Waals surface area contributed by atoms with Crippen molar-refractivity contribution in [2.24, 2.45) is 5.92 Å². The molecule has 0 aliphatic heterocycles. The Morgan fingerprint density at radius 1 is 1.40 bits per heavy atom. The zero-order valence-corrected chi connectivity index (χ0v) is 11.2. The van der Waals surface area contributed by atoms with Gasteiger partial charge in [0.2, 0.25) is 0 Å². The summed E-state index contributed by atoms with van der Waals surface area (Å²) in [7, 11) is 0. The largest absolute Gasteiger partial charge is 0.314 e. The second-order valence-electron chi connectivity index (χ2n) is 4.45. The summed E-state index contributed by atoms with van der Waals surface area (Å²) in [6.45, 7) is 10.1. The number of rotatable bonds is 6. The SMILES string of the molecule is CCNC(CCc1ccsc1C)C(C)C. The Morgan fingerprint density at radius 2 is 2.13 bits per heavy atom. The van der Waals surface area contributed by atoms with Crippen molar-refractivity contribution in [2.45, 2.75) is 46.6 Å². The molecule has 1 aromatic heterocycles. The number of thiophene rings is 1. The molecule has 0 radical (unpaired) electrons. The highest BCUT2D eigenvalue weighted by Crippen LogP contribution is 2.18. The molecule has 0 saturated carbocycles. The lowest BCUT2D eigenvalue weighted by Crippen LogP contribution is -2.34. The second kappa shape index (κ2) is 6.29. The van der Waals surface area contributed by atoms with Crippen LogP contribution < -0.4 is 5.32 Å². The van der Waals surface area contributed by atoms with Crippen molar-refractivity contribution in [1.29, 1.82) is 0 Å². The highest BCUT2D eigenvalue weighted by molar-refractivity contribution is 7.10. The first-order chi connectivity index (χ1) is 7.15. The summed E-state index contributed by atoms with van der Waals surface area (Å²) in [4.78, 5) is 1.48. The first-order valence-corrected chi connectivity index (χ1v) is 6.79. The average molecular weight is 225 g/mol. The quantitative estimate of drug-likeness (QED) is 0.779. The first kappa shape index (κ1) is 12.7. The van der Waals surface area contributed by atoms with Crippen LogP contribution in [0.4, 0.5) is 0 Å². The molecule has 1 nitrogen and oxygen atoms in total. The maximum atomic E-state index is 3.57. The Hall–Kier alpha value is -0.340. The summed E-state index contributed by atoms with van der Waals surface area (Å²) in [5.74, 6) is 0.726. The van der Waals surface area contributed by atoms with Gasteiger partial charge in [0.05, 0.1) is 0 Å². The fourth-order valence-electron chi connectivity index (χ4n) is 1.91. The van der Waals surface area contributed by atoms with Crippen LogP contribution in [0.2, 0.25) is 0 Å². The molecule has 1 rings (SSSR count). The maximum Gasteiger partial charge on any atom is 0.00931 e. The van der Waals surface area contributed by atoms with Crippen molar-refractivity contribution >= 4 is 11.3 Å². The third-order valence-electron chi connectivity index (χ3n) is 2.96. The van der Waals surface area contributed by atoms with Crippen LogP contribution in [0.1, 0.15) is 37.6 Å². The van der Waals surface area contributed by atoms with E-state index in [0.29, 0.717) is 6.04 Å². The van der Waals surface area contributed by atoms with Gasteiger partial charge in [0.15, 0.2) is 0 Å². The summed E-state index contributed by atoms with van der Waals surface area (Å²) in [6, 6.07) is 2.93. The molecule has 86 valence electrons. The van der Waals surface area contributed by atoms with E-state index in [9.17, 15) is 0 Å². The van der Waals surface area contributed by atoms with E-state index in [4.69, 9.17) is 0 Å². The zero-order valence-electron chi connectivity index (χ0n) is 10.3. The molecule has 0 aliphatic carbocycles. The van der Waals surface area contributed by atoms with Gasteiger partial charge < -0.3 is 5.32 Å². The topological polar surface area (TPSA) is 12.0 Å². The molecular formula is C13H23NS. The Kier molecular flexibility index (Phi) is 5.34. The highest BCUT2D eigenvalue weighted by Gasteiger charge is 2.12. The zero-order chi connectivity index (χ0) is 11.3. The summed E-state index contributed by atoms with van der Waals surface area (Å²) in [5, 5.41) is 5.76. The number of hydrogen-bond donors (Lipinski definition) is 1. The lowest BCUT2D eigenvalue weighted by Gasteiger charge is -2.21. The van der Waals surface area contributed by atoms with Crippen molar-refractivity contribution in [3.63, 3.8) is 0 Å². The maximum absolute atomic E-state index is 3.57. The van der Waals surface area contributed by atoms with Gasteiger partial charge in [-0.1, -0.05) is 20.8 Å². The minimum atomic E-state index is 0.661. The molecule has 0 aliphatic rings. The lowest BCUT2D eigenvalue weighted by atomic mass is 9.97. The van der Waals surface area contributed by atoms with E-state index in [2.05, 4.69) is 44.5 Å². The van der Waals surface area contributed by atoms with Crippen LogP contribution in [0.25, 0.3) is 0 Å². The van der Waals surface area contributed by atoms with Crippen LogP contribution in [-0.4, -0.2) is 12.6 Å². The lowest BCUT2D eigenvalue weighted by molar-refractivity contribution is 0.385. The number of hydrogen-bond acceptors (Lipinski definition) is 2. The Morgan fingerprint density at radius 3 is 2.60 bits per heavy atom. The molecule has 0 aromatic carbocycles. The van der Waals surface area contributed by atoms with E-state index < -0.39 is 0 Å². The standard InChI is InChI=1S/C13H23NS/c1-5-14-13(10(2)3)7-6-12-8-9-15-11(12)4/h8-10,13-14H,5-7H2,1-4H3.